The lowest BCUT2D eigenvalue weighted by molar-refractivity contribution is 0.146. The van der Waals surface area contributed by atoms with Crippen LogP contribution in [-0.4, -0.2) is 61.7 Å². The first-order chi connectivity index (χ1) is 6.92. The van der Waals surface area contributed by atoms with Gasteiger partial charge in [-0.3, -0.25) is 4.99 Å². The molecule has 2 heterocycles. The molecule has 0 N–H and O–H groups in total. The summed E-state index contributed by atoms with van der Waals surface area (Å²) >= 11 is 0. The molecule has 0 aliphatic carbocycles. The van der Waals surface area contributed by atoms with Crippen molar-refractivity contribution in [3.63, 3.8) is 0 Å². The Bertz CT molecular complexity index is 209. The van der Waals surface area contributed by atoms with Crippen molar-refractivity contribution in [2.75, 3.05) is 45.9 Å². The van der Waals surface area contributed by atoms with E-state index in [9.17, 15) is 0 Å². The zero-order valence-electron chi connectivity index (χ0n) is 8.91. The highest BCUT2D eigenvalue weighted by Crippen LogP contribution is 2.08. The summed E-state index contributed by atoms with van der Waals surface area (Å²) in [5.41, 5.74) is 0. The quantitative estimate of drug-likeness (QED) is 0.609. The normalized spacial score (nSPS) is 23.6. The Balaban J connectivity index is 1.98. The number of hydrogen-bond acceptors (Lipinski definition) is 4. The smallest absolute Gasteiger partial charge is 0.196 e. The monoisotopic (exact) mass is 197 g/mol. The minimum Gasteiger partial charge on any atom is -0.380 e. The van der Waals surface area contributed by atoms with Gasteiger partial charge in [0.1, 0.15) is 0 Å². The third kappa shape index (κ3) is 2.00. The number of ether oxygens (including phenoxy) is 1. The van der Waals surface area contributed by atoms with E-state index in [0.717, 1.165) is 52.4 Å². The SMILES string of the molecule is CCN1CCN=C1N1CCCOCC1. The maximum atomic E-state index is 5.44. The van der Waals surface area contributed by atoms with Crippen molar-refractivity contribution >= 4 is 5.96 Å². The third-order valence-electron chi connectivity index (χ3n) is 2.79. The molecule has 0 saturated carbocycles. The number of rotatable bonds is 1. The molecule has 2 aliphatic heterocycles. The summed E-state index contributed by atoms with van der Waals surface area (Å²) in [6.45, 7) is 9.13. The number of aliphatic imine (C=N–C) groups is 1. The van der Waals surface area contributed by atoms with E-state index in [4.69, 9.17) is 4.74 Å². The van der Waals surface area contributed by atoms with Crippen LogP contribution < -0.4 is 0 Å². The van der Waals surface area contributed by atoms with Crippen LogP contribution in [0.15, 0.2) is 4.99 Å². The van der Waals surface area contributed by atoms with Crippen molar-refractivity contribution in [1.82, 2.24) is 9.80 Å². The molecule has 0 unspecified atom stereocenters. The van der Waals surface area contributed by atoms with Gasteiger partial charge in [-0.25, -0.2) is 0 Å². The summed E-state index contributed by atoms with van der Waals surface area (Å²) in [7, 11) is 0. The maximum Gasteiger partial charge on any atom is 0.196 e. The molecule has 1 saturated heterocycles. The molecular weight excluding hydrogens is 178 g/mol. The highest BCUT2D eigenvalue weighted by Gasteiger charge is 2.22. The highest BCUT2D eigenvalue weighted by molar-refractivity contribution is 5.81. The summed E-state index contributed by atoms with van der Waals surface area (Å²) in [6, 6.07) is 0. The maximum absolute atomic E-state index is 5.44. The molecule has 0 radical (unpaired) electrons. The van der Waals surface area contributed by atoms with Crippen LogP contribution in [-0.2, 0) is 4.74 Å². The van der Waals surface area contributed by atoms with Gasteiger partial charge in [-0.15, -0.1) is 0 Å². The Morgan fingerprint density at radius 1 is 1.29 bits per heavy atom. The van der Waals surface area contributed by atoms with Gasteiger partial charge in [-0.05, 0) is 13.3 Å². The molecule has 0 aromatic carbocycles. The summed E-state index contributed by atoms with van der Waals surface area (Å²) in [5, 5.41) is 0. The van der Waals surface area contributed by atoms with Gasteiger partial charge in [0.25, 0.3) is 0 Å². The zero-order valence-corrected chi connectivity index (χ0v) is 8.91. The fourth-order valence-corrected chi connectivity index (χ4v) is 2.02. The molecule has 1 fully saturated rings. The first-order valence-corrected chi connectivity index (χ1v) is 5.54. The van der Waals surface area contributed by atoms with Gasteiger partial charge in [0.15, 0.2) is 5.96 Å². The van der Waals surface area contributed by atoms with E-state index in [2.05, 4.69) is 21.7 Å². The molecule has 4 heteroatoms. The van der Waals surface area contributed by atoms with Crippen LogP contribution in [0.4, 0.5) is 0 Å². The van der Waals surface area contributed by atoms with E-state index in [1.807, 2.05) is 0 Å². The number of guanidine groups is 1. The minimum absolute atomic E-state index is 0.844. The Labute approximate surface area is 85.5 Å². The molecule has 0 aromatic heterocycles. The van der Waals surface area contributed by atoms with Crippen LogP contribution in [0.25, 0.3) is 0 Å². The van der Waals surface area contributed by atoms with Crippen molar-refractivity contribution in [3.8, 4) is 0 Å². The molecular formula is C10H19N3O. The van der Waals surface area contributed by atoms with Gasteiger partial charge in [-0.2, -0.15) is 0 Å². The van der Waals surface area contributed by atoms with Gasteiger partial charge in [0.2, 0.25) is 0 Å². The van der Waals surface area contributed by atoms with Gasteiger partial charge in [0, 0.05) is 32.8 Å². The van der Waals surface area contributed by atoms with Gasteiger partial charge in [-0.1, -0.05) is 0 Å². The minimum atomic E-state index is 0.844. The second-order valence-corrected chi connectivity index (χ2v) is 3.71. The van der Waals surface area contributed by atoms with Crippen LogP contribution in [0, 0.1) is 0 Å². The largest absolute Gasteiger partial charge is 0.380 e. The predicted molar refractivity (Wildman–Crippen MR) is 56.6 cm³/mol. The van der Waals surface area contributed by atoms with Crippen molar-refractivity contribution in [2.45, 2.75) is 13.3 Å². The van der Waals surface area contributed by atoms with E-state index in [1.165, 1.54) is 5.96 Å². The average molecular weight is 197 g/mol. The molecule has 0 aromatic rings. The molecule has 4 nitrogen and oxygen atoms in total. The Morgan fingerprint density at radius 2 is 2.21 bits per heavy atom. The summed E-state index contributed by atoms with van der Waals surface area (Å²) in [5.74, 6) is 1.19. The summed E-state index contributed by atoms with van der Waals surface area (Å²) < 4.78 is 5.44. The Morgan fingerprint density at radius 3 is 3.07 bits per heavy atom. The van der Waals surface area contributed by atoms with E-state index < -0.39 is 0 Å². The Hall–Kier alpha value is -0.770. The van der Waals surface area contributed by atoms with Crippen LogP contribution in [0.2, 0.25) is 0 Å². The van der Waals surface area contributed by atoms with Crippen LogP contribution in [0.1, 0.15) is 13.3 Å². The van der Waals surface area contributed by atoms with Crippen molar-refractivity contribution in [2.24, 2.45) is 4.99 Å². The molecule has 14 heavy (non-hydrogen) atoms. The number of likely N-dealkylation sites (N-methyl/N-ethyl adjacent to an activating group) is 1. The molecule has 0 spiro atoms. The van der Waals surface area contributed by atoms with E-state index >= 15 is 0 Å². The lowest BCUT2D eigenvalue weighted by Gasteiger charge is -2.28. The van der Waals surface area contributed by atoms with Gasteiger partial charge in [0.05, 0.1) is 13.2 Å². The molecule has 80 valence electrons. The van der Waals surface area contributed by atoms with Crippen LogP contribution in [0.5, 0.6) is 0 Å². The fourth-order valence-electron chi connectivity index (χ4n) is 2.02. The van der Waals surface area contributed by atoms with Crippen LogP contribution in [0.3, 0.4) is 0 Å². The molecule has 2 rings (SSSR count). The average Bonchev–Trinajstić information content (AvgIpc) is 2.52. The molecule has 0 bridgehead atoms. The van der Waals surface area contributed by atoms with E-state index in [-0.39, 0.29) is 0 Å². The number of hydrogen-bond donors (Lipinski definition) is 0. The fraction of sp³-hybridized carbons (Fsp3) is 0.900. The Kier molecular flexibility index (Phi) is 3.24. The zero-order chi connectivity index (χ0) is 9.80. The highest BCUT2D eigenvalue weighted by atomic mass is 16.5. The standard InChI is InChI=1S/C10H19N3O/c1-2-12-6-4-11-10(12)13-5-3-8-14-9-7-13/h2-9H2,1H3. The molecule has 0 amide bonds. The number of nitrogens with zero attached hydrogens (tertiary/aromatic N) is 3. The first-order valence-electron chi connectivity index (χ1n) is 5.54. The summed E-state index contributed by atoms with van der Waals surface area (Å²) in [6.07, 6.45) is 1.12. The van der Waals surface area contributed by atoms with Crippen LogP contribution >= 0.6 is 0 Å². The second kappa shape index (κ2) is 4.64. The predicted octanol–water partition coefficient (Wildman–Crippen LogP) is 0.400. The van der Waals surface area contributed by atoms with Gasteiger partial charge >= 0.3 is 0 Å². The second-order valence-electron chi connectivity index (χ2n) is 3.71. The van der Waals surface area contributed by atoms with Crippen molar-refractivity contribution in [3.05, 3.63) is 0 Å². The van der Waals surface area contributed by atoms with Crippen molar-refractivity contribution < 1.29 is 4.74 Å². The van der Waals surface area contributed by atoms with Gasteiger partial charge < -0.3 is 14.5 Å². The molecule has 2 aliphatic rings. The lowest BCUT2D eigenvalue weighted by atomic mass is 10.4. The van der Waals surface area contributed by atoms with E-state index in [0.29, 0.717) is 0 Å². The lowest BCUT2D eigenvalue weighted by Crippen LogP contribution is -2.43. The first kappa shape index (κ1) is 9.77. The molecule has 0 atom stereocenters. The third-order valence-corrected chi connectivity index (χ3v) is 2.79. The van der Waals surface area contributed by atoms with Crippen molar-refractivity contribution in [1.29, 1.82) is 0 Å². The topological polar surface area (TPSA) is 28.1 Å². The summed E-state index contributed by atoms with van der Waals surface area (Å²) in [4.78, 5) is 9.28. The van der Waals surface area contributed by atoms with E-state index in [1.54, 1.807) is 0 Å².